The van der Waals surface area contributed by atoms with Crippen LogP contribution >= 0.6 is 0 Å². The molecule has 35 heavy (non-hydrogen) atoms. The van der Waals surface area contributed by atoms with E-state index < -0.39 is 6.10 Å². The molecule has 0 heterocycles. The lowest BCUT2D eigenvalue weighted by Crippen LogP contribution is -2.43. The first-order valence-electron chi connectivity index (χ1n) is 12.0. The predicted molar refractivity (Wildman–Crippen MR) is 138 cm³/mol. The van der Waals surface area contributed by atoms with Gasteiger partial charge in [-0.2, -0.15) is 0 Å². The average molecular weight is 477 g/mol. The number of nitrogens with one attached hydrogen (secondary N) is 2. The summed E-state index contributed by atoms with van der Waals surface area (Å²) in [5, 5.41) is 36.0. The molecule has 0 saturated carbocycles. The van der Waals surface area contributed by atoms with Gasteiger partial charge in [-0.25, -0.2) is 0 Å². The molecule has 1 atom stereocenters. The third kappa shape index (κ3) is 8.21. The van der Waals surface area contributed by atoms with Gasteiger partial charge in [0.05, 0.1) is 12.7 Å². The molecular weight excluding hydrogens is 440 g/mol. The number of aryl methyl sites for hydroxylation is 1. The number of aromatic hydroxyl groups is 1. The summed E-state index contributed by atoms with van der Waals surface area (Å²) >= 11 is 0. The number of aliphatic hydroxyl groups excluding tert-OH is 2. The monoisotopic (exact) mass is 476 g/mol. The van der Waals surface area contributed by atoms with Crippen LogP contribution in [0.25, 0.3) is 0 Å². The van der Waals surface area contributed by atoms with Crippen molar-refractivity contribution in [3.63, 3.8) is 0 Å². The van der Waals surface area contributed by atoms with Crippen LogP contribution in [0.3, 0.4) is 0 Å². The van der Waals surface area contributed by atoms with Gasteiger partial charge in [0.1, 0.15) is 5.75 Å². The van der Waals surface area contributed by atoms with E-state index in [2.05, 4.69) is 22.8 Å². The number of β-amino-alcohol motifs (C(OH)–C–C–N with tert-alkyl or cyclic N) is 1. The number of phenols is 1. The molecular formula is C29H36N2O4. The second-order valence-electron chi connectivity index (χ2n) is 9.55. The van der Waals surface area contributed by atoms with Crippen molar-refractivity contribution in [3.8, 4) is 5.75 Å². The highest BCUT2D eigenvalue weighted by Gasteiger charge is 2.21. The van der Waals surface area contributed by atoms with E-state index in [1.165, 1.54) is 11.6 Å². The third-order valence-electron chi connectivity index (χ3n) is 6.04. The van der Waals surface area contributed by atoms with Crippen molar-refractivity contribution in [1.82, 2.24) is 10.6 Å². The molecule has 0 aliphatic rings. The molecule has 0 aliphatic heterocycles. The molecule has 0 spiro atoms. The highest BCUT2D eigenvalue weighted by atomic mass is 16.3. The van der Waals surface area contributed by atoms with Crippen LogP contribution in [0.1, 0.15) is 59.0 Å². The van der Waals surface area contributed by atoms with Crippen LogP contribution in [0.4, 0.5) is 0 Å². The molecule has 0 fully saturated rings. The molecule has 0 bridgehead atoms. The molecule has 3 aromatic carbocycles. The zero-order valence-electron chi connectivity index (χ0n) is 20.5. The Bertz CT molecular complexity index is 1100. The van der Waals surface area contributed by atoms with Gasteiger partial charge in [0.15, 0.2) is 0 Å². The lowest BCUT2D eigenvalue weighted by atomic mass is 9.93. The summed E-state index contributed by atoms with van der Waals surface area (Å²) in [5.74, 6) is -0.0648. The molecule has 0 unspecified atom stereocenters. The van der Waals surface area contributed by atoms with E-state index in [0.717, 1.165) is 18.4 Å². The molecule has 1 amide bonds. The first-order chi connectivity index (χ1) is 16.8. The van der Waals surface area contributed by atoms with Crippen molar-refractivity contribution >= 4 is 5.91 Å². The molecule has 3 aromatic rings. The van der Waals surface area contributed by atoms with E-state index >= 15 is 0 Å². The number of carbonyl (C=O) groups is 1. The molecule has 3 rings (SSSR count). The number of hydrogen-bond donors (Lipinski definition) is 5. The minimum atomic E-state index is -0.784. The number of amides is 1. The number of rotatable bonds is 12. The average Bonchev–Trinajstić information content (AvgIpc) is 2.86. The smallest absolute Gasteiger partial charge is 0.251 e. The molecule has 6 nitrogen and oxygen atoms in total. The van der Waals surface area contributed by atoms with Gasteiger partial charge in [-0.1, -0.05) is 48.5 Å². The summed E-state index contributed by atoms with van der Waals surface area (Å²) in [6.45, 7) is 4.74. The largest absolute Gasteiger partial charge is 0.508 e. The normalized spacial score (nSPS) is 12.3. The first kappa shape index (κ1) is 26.4. The number of hydrogen-bond acceptors (Lipinski definition) is 5. The van der Waals surface area contributed by atoms with Crippen LogP contribution in [0.15, 0.2) is 72.8 Å². The lowest BCUT2D eigenvalue weighted by molar-refractivity contribution is 0.0953. The van der Waals surface area contributed by atoms with Gasteiger partial charge in [0.25, 0.3) is 5.91 Å². The van der Waals surface area contributed by atoms with E-state index in [0.29, 0.717) is 36.2 Å². The van der Waals surface area contributed by atoms with E-state index in [9.17, 15) is 20.1 Å². The van der Waals surface area contributed by atoms with Crippen molar-refractivity contribution in [3.05, 3.63) is 101 Å². The number of carbonyl (C=O) groups excluding carboxylic acids is 1. The maximum Gasteiger partial charge on any atom is 0.251 e. The molecule has 0 radical (unpaired) electrons. The number of aliphatic hydroxyl groups is 2. The minimum absolute atomic E-state index is 0.0110. The predicted octanol–water partition coefficient (Wildman–Crippen LogP) is 3.89. The van der Waals surface area contributed by atoms with Crippen LogP contribution in [-0.2, 0) is 19.4 Å². The fraction of sp³-hybridized carbons (Fsp3) is 0.345. The van der Waals surface area contributed by atoms with E-state index in [4.69, 9.17) is 0 Å². The van der Waals surface area contributed by atoms with Crippen LogP contribution in [0.5, 0.6) is 5.75 Å². The Labute approximate surface area is 207 Å². The van der Waals surface area contributed by atoms with Gasteiger partial charge in [-0.05, 0) is 74.1 Å². The van der Waals surface area contributed by atoms with E-state index in [-0.39, 0.29) is 23.8 Å². The molecule has 5 N–H and O–H groups in total. The quantitative estimate of drug-likeness (QED) is 0.255. The summed E-state index contributed by atoms with van der Waals surface area (Å²) in [5.41, 5.74) is 3.61. The lowest BCUT2D eigenvalue weighted by Gasteiger charge is -2.28. The highest BCUT2D eigenvalue weighted by molar-refractivity contribution is 5.94. The van der Waals surface area contributed by atoms with Crippen LogP contribution in [0.2, 0.25) is 0 Å². The fourth-order valence-electron chi connectivity index (χ4n) is 4.07. The van der Waals surface area contributed by atoms with E-state index in [1.54, 1.807) is 12.1 Å². The van der Waals surface area contributed by atoms with Gasteiger partial charge >= 0.3 is 0 Å². The first-order valence-corrected chi connectivity index (χ1v) is 12.0. The topological polar surface area (TPSA) is 102 Å². The van der Waals surface area contributed by atoms with Crippen molar-refractivity contribution in [1.29, 1.82) is 0 Å². The van der Waals surface area contributed by atoms with Gasteiger partial charge in [-0.3, -0.25) is 4.79 Å². The highest BCUT2D eigenvalue weighted by Crippen LogP contribution is 2.23. The molecule has 6 heteroatoms. The Morgan fingerprint density at radius 2 is 1.71 bits per heavy atom. The molecule has 0 aromatic heterocycles. The van der Waals surface area contributed by atoms with Crippen molar-refractivity contribution in [2.45, 2.75) is 51.4 Å². The minimum Gasteiger partial charge on any atom is -0.508 e. The maximum absolute atomic E-state index is 12.6. The molecule has 0 aliphatic carbocycles. The number of benzene rings is 3. The Hall–Kier alpha value is -3.19. The van der Waals surface area contributed by atoms with Crippen molar-refractivity contribution in [2.75, 3.05) is 13.1 Å². The Balaban J connectivity index is 1.50. The zero-order chi connectivity index (χ0) is 25.3. The Morgan fingerprint density at radius 1 is 0.971 bits per heavy atom. The van der Waals surface area contributed by atoms with Gasteiger partial charge in [-0.15, -0.1) is 0 Å². The summed E-state index contributed by atoms with van der Waals surface area (Å²) in [6, 6.07) is 22.6. The SMILES string of the molecule is CC(C)(Cc1cccc(C(=O)NCCCc2ccccc2)c1)NC[C@H](O)c1ccc(O)c(CO)c1. The summed E-state index contributed by atoms with van der Waals surface area (Å²) < 4.78 is 0. The summed E-state index contributed by atoms with van der Waals surface area (Å²) in [7, 11) is 0. The summed E-state index contributed by atoms with van der Waals surface area (Å²) in [4.78, 5) is 12.6. The maximum atomic E-state index is 12.6. The zero-order valence-corrected chi connectivity index (χ0v) is 20.5. The van der Waals surface area contributed by atoms with Crippen LogP contribution < -0.4 is 10.6 Å². The Kier molecular flexibility index (Phi) is 9.43. The van der Waals surface area contributed by atoms with Gasteiger partial charge < -0.3 is 26.0 Å². The second kappa shape index (κ2) is 12.5. The Morgan fingerprint density at radius 3 is 2.46 bits per heavy atom. The molecule has 0 saturated heterocycles. The van der Waals surface area contributed by atoms with Gasteiger partial charge in [0, 0.05) is 29.8 Å². The standard InChI is InChI=1S/C29H36N2O4/c1-29(2,31-19-27(34)23-13-14-26(33)25(17-23)20-32)18-22-10-6-12-24(16-22)28(35)30-15-7-11-21-8-4-3-5-9-21/h3-6,8-10,12-14,16-17,27,31-34H,7,11,15,18-20H2,1-2H3,(H,30,35)/t27-/m0/s1. The van der Waals surface area contributed by atoms with Crippen LogP contribution in [0, 0.1) is 0 Å². The van der Waals surface area contributed by atoms with Gasteiger partial charge in [0.2, 0.25) is 0 Å². The van der Waals surface area contributed by atoms with E-state index in [1.807, 2.05) is 56.3 Å². The van der Waals surface area contributed by atoms with Crippen molar-refractivity contribution in [2.24, 2.45) is 0 Å². The molecule has 186 valence electrons. The fourth-order valence-corrected chi connectivity index (χ4v) is 4.07. The van der Waals surface area contributed by atoms with Crippen LogP contribution in [-0.4, -0.2) is 39.9 Å². The third-order valence-corrected chi connectivity index (χ3v) is 6.04. The second-order valence-corrected chi connectivity index (χ2v) is 9.55. The van der Waals surface area contributed by atoms with Crippen molar-refractivity contribution < 1.29 is 20.1 Å². The summed E-state index contributed by atoms with van der Waals surface area (Å²) in [6.07, 6.45) is 1.70.